The molecule has 1 aliphatic rings. The maximum absolute atomic E-state index is 11.1. The van der Waals surface area contributed by atoms with Crippen molar-refractivity contribution in [3.63, 3.8) is 0 Å². The molecule has 0 unspecified atom stereocenters. The molecular weight excluding hydrogens is 282 g/mol. The van der Waals surface area contributed by atoms with Crippen LogP contribution in [0.5, 0.6) is 0 Å². The Labute approximate surface area is 117 Å². The van der Waals surface area contributed by atoms with Crippen LogP contribution in [0.4, 0.5) is 17.2 Å². The zero-order chi connectivity index (χ0) is 15.0. The first kappa shape index (κ1) is 13.2. The van der Waals surface area contributed by atoms with Crippen molar-refractivity contribution in [3.05, 3.63) is 32.4 Å². The summed E-state index contributed by atoms with van der Waals surface area (Å²) in [4.78, 5) is 22.6. The minimum atomic E-state index is -0.656. The topological polar surface area (TPSA) is 127 Å². The highest BCUT2D eigenvalue weighted by molar-refractivity contribution is 5.97. The number of morpholine rings is 1. The van der Waals surface area contributed by atoms with Gasteiger partial charge in [-0.15, -0.1) is 0 Å². The second kappa shape index (κ2) is 4.98. The fraction of sp³-hybridized carbons (Fsp3) is 0.364. The Morgan fingerprint density at radius 2 is 1.90 bits per heavy atom. The lowest BCUT2D eigenvalue weighted by Crippen LogP contribution is -2.36. The lowest BCUT2D eigenvalue weighted by molar-refractivity contribution is -0.393. The van der Waals surface area contributed by atoms with Gasteiger partial charge in [0.15, 0.2) is 5.82 Å². The van der Waals surface area contributed by atoms with Crippen LogP contribution in [-0.2, 0) is 4.74 Å². The van der Waals surface area contributed by atoms with E-state index in [2.05, 4.69) is 10.2 Å². The summed E-state index contributed by atoms with van der Waals surface area (Å²) < 4.78 is 5.24. The summed E-state index contributed by atoms with van der Waals surface area (Å²) in [6.07, 6.45) is 0. The minimum absolute atomic E-state index is 0.187. The molecular formula is C11H11N5O5. The maximum atomic E-state index is 11.1. The van der Waals surface area contributed by atoms with Gasteiger partial charge in [0.05, 0.1) is 34.5 Å². The van der Waals surface area contributed by atoms with E-state index >= 15 is 0 Å². The first-order valence-electron chi connectivity index (χ1n) is 6.21. The van der Waals surface area contributed by atoms with E-state index in [0.29, 0.717) is 37.5 Å². The van der Waals surface area contributed by atoms with Gasteiger partial charge in [0, 0.05) is 19.2 Å². The smallest absolute Gasteiger partial charge is 0.301 e. The molecule has 1 N–H and O–H groups in total. The molecule has 3 rings (SSSR count). The predicted molar refractivity (Wildman–Crippen MR) is 72.4 cm³/mol. The Hall–Kier alpha value is -2.75. The first-order chi connectivity index (χ1) is 10.1. The number of nitro benzene ring substituents is 2. The highest BCUT2D eigenvalue weighted by atomic mass is 16.6. The Balaban J connectivity index is 2.18. The minimum Gasteiger partial charge on any atom is -0.378 e. The van der Waals surface area contributed by atoms with Crippen LogP contribution in [0.3, 0.4) is 0 Å². The fourth-order valence-corrected chi connectivity index (χ4v) is 2.34. The summed E-state index contributed by atoms with van der Waals surface area (Å²) in [7, 11) is 0. The number of hydrogen-bond donors (Lipinski definition) is 1. The summed E-state index contributed by atoms with van der Waals surface area (Å²) in [5.74, 6) is 0.472. The SMILES string of the molecule is O=[N+]([O-])c1cc([N+](=O)[O-])c2[nH]nc(N3CCOCC3)c2c1. The molecule has 1 aliphatic heterocycles. The van der Waals surface area contributed by atoms with Gasteiger partial charge in [-0.05, 0) is 0 Å². The molecule has 0 aliphatic carbocycles. The normalized spacial score (nSPS) is 15.3. The highest BCUT2D eigenvalue weighted by Gasteiger charge is 2.25. The van der Waals surface area contributed by atoms with E-state index in [-0.39, 0.29) is 16.9 Å². The van der Waals surface area contributed by atoms with Crippen LogP contribution in [-0.4, -0.2) is 46.3 Å². The number of nitrogens with one attached hydrogen (secondary N) is 1. The third kappa shape index (κ3) is 2.25. The van der Waals surface area contributed by atoms with Crippen LogP contribution < -0.4 is 4.90 Å². The van der Waals surface area contributed by atoms with Crippen molar-refractivity contribution in [2.75, 3.05) is 31.2 Å². The lowest BCUT2D eigenvalue weighted by atomic mass is 10.2. The highest BCUT2D eigenvalue weighted by Crippen LogP contribution is 2.34. The molecule has 1 aromatic carbocycles. The number of ether oxygens (including phenoxy) is 1. The van der Waals surface area contributed by atoms with E-state index in [4.69, 9.17) is 4.74 Å². The van der Waals surface area contributed by atoms with Crippen LogP contribution in [0.2, 0.25) is 0 Å². The molecule has 2 heterocycles. The van der Waals surface area contributed by atoms with Crippen LogP contribution in [0.1, 0.15) is 0 Å². The predicted octanol–water partition coefficient (Wildman–Crippen LogP) is 1.22. The summed E-state index contributed by atoms with van der Waals surface area (Å²) in [5.41, 5.74) is -0.497. The number of rotatable bonds is 3. The van der Waals surface area contributed by atoms with Gasteiger partial charge in [0.1, 0.15) is 5.52 Å². The molecule has 10 heteroatoms. The van der Waals surface area contributed by atoms with Gasteiger partial charge in [0.25, 0.3) is 5.69 Å². The number of benzene rings is 1. The second-order valence-corrected chi connectivity index (χ2v) is 4.55. The molecule has 10 nitrogen and oxygen atoms in total. The number of nitrogens with zero attached hydrogens (tertiary/aromatic N) is 4. The van der Waals surface area contributed by atoms with Crippen molar-refractivity contribution in [2.45, 2.75) is 0 Å². The largest absolute Gasteiger partial charge is 0.378 e. The monoisotopic (exact) mass is 293 g/mol. The summed E-state index contributed by atoms with van der Waals surface area (Å²) >= 11 is 0. The molecule has 21 heavy (non-hydrogen) atoms. The average molecular weight is 293 g/mol. The number of fused-ring (bicyclic) bond motifs is 1. The molecule has 1 fully saturated rings. The molecule has 1 saturated heterocycles. The molecule has 1 aromatic heterocycles. The number of aromatic amines is 1. The van der Waals surface area contributed by atoms with Crippen molar-refractivity contribution in [2.24, 2.45) is 0 Å². The van der Waals surface area contributed by atoms with Crippen LogP contribution >= 0.6 is 0 Å². The average Bonchev–Trinajstić information content (AvgIpc) is 2.90. The zero-order valence-corrected chi connectivity index (χ0v) is 10.8. The Morgan fingerprint density at radius 1 is 1.19 bits per heavy atom. The lowest BCUT2D eigenvalue weighted by Gasteiger charge is -2.26. The summed E-state index contributed by atoms with van der Waals surface area (Å²) in [6.45, 7) is 2.20. The Morgan fingerprint density at radius 3 is 2.52 bits per heavy atom. The van der Waals surface area contributed by atoms with Crippen LogP contribution in [0.25, 0.3) is 10.9 Å². The number of anilines is 1. The van der Waals surface area contributed by atoms with E-state index in [1.807, 2.05) is 4.90 Å². The van der Waals surface area contributed by atoms with Gasteiger partial charge in [-0.25, -0.2) is 0 Å². The quantitative estimate of drug-likeness (QED) is 0.665. The van der Waals surface area contributed by atoms with Crippen LogP contribution in [0, 0.1) is 20.2 Å². The number of nitro groups is 2. The van der Waals surface area contributed by atoms with Gasteiger partial charge in [-0.3, -0.25) is 25.3 Å². The van der Waals surface area contributed by atoms with Crippen molar-refractivity contribution in [3.8, 4) is 0 Å². The van der Waals surface area contributed by atoms with Gasteiger partial charge < -0.3 is 9.64 Å². The van der Waals surface area contributed by atoms with Crippen molar-refractivity contribution < 1.29 is 14.6 Å². The molecule has 0 radical (unpaired) electrons. The molecule has 110 valence electrons. The number of non-ortho nitro benzene ring substituents is 2. The van der Waals surface area contributed by atoms with Gasteiger partial charge in [-0.2, -0.15) is 5.10 Å². The number of hydrogen-bond acceptors (Lipinski definition) is 7. The van der Waals surface area contributed by atoms with Gasteiger partial charge in [-0.1, -0.05) is 0 Å². The van der Waals surface area contributed by atoms with E-state index in [9.17, 15) is 20.2 Å². The number of aromatic nitrogens is 2. The van der Waals surface area contributed by atoms with Crippen molar-refractivity contribution >= 4 is 28.1 Å². The summed E-state index contributed by atoms with van der Waals surface area (Å²) in [5, 5.41) is 29.1. The molecule has 2 aromatic rings. The Kier molecular flexibility index (Phi) is 3.14. The van der Waals surface area contributed by atoms with E-state index < -0.39 is 9.85 Å². The second-order valence-electron chi connectivity index (χ2n) is 4.55. The molecule has 0 atom stereocenters. The number of H-pyrrole nitrogens is 1. The van der Waals surface area contributed by atoms with E-state index in [1.165, 1.54) is 6.07 Å². The van der Waals surface area contributed by atoms with Crippen molar-refractivity contribution in [1.29, 1.82) is 0 Å². The first-order valence-corrected chi connectivity index (χ1v) is 6.21. The molecule has 0 spiro atoms. The molecule has 0 saturated carbocycles. The van der Waals surface area contributed by atoms with E-state index in [0.717, 1.165) is 6.07 Å². The zero-order valence-electron chi connectivity index (χ0n) is 10.8. The molecule has 0 bridgehead atoms. The van der Waals surface area contributed by atoms with Gasteiger partial charge >= 0.3 is 5.69 Å². The third-order valence-electron chi connectivity index (χ3n) is 3.33. The standard InChI is InChI=1S/C11H11N5O5/c17-15(18)7-5-8-10(9(6-7)16(19)20)12-13-11(8)14-1-3-21-4-2-14/h5-6H,1-4H2,(H,12,13). The Bertz CT molecular complexity index is 721. The molecule has 0 amide bonds. The maximum Gasteiger partial charge on any atom is 0.301 e. The van der Waals surface area contributed by atoms with Crippen LogP contribution in [0.15, 0.2) is 12.1 Å². The third-order valence-corrected chi connectivity index (χ3v) is 3.33. The fourth-order valence-electron chi connectivity index (χ4n) is 2.34. The summed E-state index contributed by atoms with van der Waals surface area (Å²) in [6, 6.07) is 2.24. The van der Waals surface area contributed by atoms with Gasteiger partial charge in [0.2, 0.25) is 0 Å². The van der Waals surface area contributed by atoms with E-state index in [1.54, 1.807) is 0 Å². The van der Waals surface area contributed by atoms with Crippen molar-refractivity contribution in [1.82, 2.24) is 10.2 Å².